The van der Waals surface area contributed by atoms with Crippen molar-refractivity contribution in [2.45, 2.75) is 45.1 Å². The molecule has 2 aromatic carbocycles. The van der Waals surface area contributed by atoms with Gasteiger partial charge in [0.05, 0.1) is 17.8 Å². The molecule has 3 aliphatic rings. The van der Waals surface area contributed by atoms with E-state index in [1.165, 1.54) is 28.5 Å². The van der Waals surface area contributed by atoms with E-state index in [4.69, 9.17) is 11.6 Å². The number of hydrazone groups is 1. The van der Waals surface area contributed by atoms with Gasteiger partial charge in [0.25, 0.3) is 0 Å². The Morgan fingerprint density at radius 3 is 2.94 bits per heavy atom. The lowest BCUT2D eigenvalue weighted by Gasteiger charge is -2.36. The first-order chi connectivity index (χ1) is 16.0. The highest BCUT2D eigenvalue weighted by Crippen LogP contribution is 2.36. The number of hydrazine groups is 1. The van der Waals surface area contributed by atoms with Crippen molar-refractivity contribution in [2.24, 2.45) is 5.10 Å². The standard InChI is InChI=1S/C24H27ClN6OS/c1-15-7-8-16(2)18(11-15)20-12-21-23-27-28-24(30(23)9-10-31(21)29-20)33-14-22(32)26-13-17-5-3-4-6-19(17)25/h3-11,20-21,23,27,29H,12-14H2,1-2H3,(H,26,32). The maximum absolute atomic E-state index is 12.4. The molecule has 2 aromatic rings. The molecule has 1 fully saturated rings. The number of rotatable bonds is 5. The molecule has 3 heterocycles. The topological polar surface area (TPSA) is 72.0 Å². The molecule has 3 N–H and O–H groups in total. The minimum Gasteiger partial charge on any atom is -0.351 e. The number of amides is 1. The van der Waals surface area contributed by atoms with E-state index in [0.717, 1.165) is 17.2 Å². The van der Waals surface area contributed by atoms with E-state index in [0.29, 0.717) is 17.3 Å². The molecule has 0 radical (unpaired) electrons. The van der Waals surface area contributed by atoms with Crippen LogP contribution in [0.3, 0.4) is 0 Å². The number of nitrogens with zero attached hydrogens (tertiary/aromatic N) is 3. The van der Waals surface area contributed by atoms with Crippen molar-refractivity contribution >= 4 is 34.4 Å². The van der Waals surface area contributed by atoms with Crippen molar-refractivity contribution in [2.75, 3.05) is 5.75 Å². The number of carbonyl (C=O) groups excluding carboxylic acids is 1. The van der Waals surface area contributed by atoms with E-state index in [9.17, 15) is 4.79 Å². The van der Waals surface area contributed by atoms with E-state index >= 15 is 0 Å². The lowest BCUT2D eigenvalue weighted by Crippen LogP contribution is -2.54. The van der Waals surface area contributed by atoms with Gasteiger partial charge in [-0.05, 0) is 43.0 Å². The van der Waals surface area contributed by atoms with E-state index < -0.39 is 0 Å². The van der Waals surface area contributed by atoms with Crippen molar-refractivity contribution < 1.29 is 4.79 Å². The second-order valence-corrected chi connectivity index (χ2v) is 9.93. The number of amidine groups is 1. The van der Waals surface area contributed by atoms with Gasteiger partial charge < -0.3 is 15.2 Å². The van der Waals surface area contributed by atoms with Gasteiger partial charge in [-0.3, -0.25) is 10.2 Å². The summed E-state index contributed by atoms with van der Waals surface area (Å²) in [7, 11) is 0. The summed E-state index contributed by atoms with van der Waals surface area (Å²) in [5.41, 5.74) is 11.7. The number of aryl methyl sites for hydroxylation is 2. The maximum Gasteiger partial charge on any atom is 0.230 e. The van der Waals surface area contributed by atoms with Gasteiger partial charge >= 0.3 is 0 Å². The van der Waals surface area contributed by atoms with Gasteiger partial charge in [0.1, 0.15) is 6.17 Å². The normalized spacial score (nSPS) is 23.1. The van der Waals surface area contributed by atoms with Crippen LogP contribution in [-0.4, -0.2) is 38.9 Å². The summed E-state index contributed by atoms with van der Waals surface area (Å²) < 4.78 is 0. The zero-order valence-corrected chi connectivity index (χ0v) is 20.2. The second kappa shape index (κ2) is 9.29. The molecule has 172 valence electrons. The fourth-order valence-corrected chi connectivity index (χ4v) is 5.51. The van der Waals surface area contributed by atoms with Crippen LogP contribution in [0.5, 0.6) is 0 Å². The average Bonchev–Trinajstić information content (AvgIpc) is 3.42. The van der Waals surface area contributed by atoms with Crippen LogP contribution in [0, 0.1) is 13.8 Å². The molecule has 33 heavy (non-hydrogen) atoms. The Hall–Kier alpha value is -2.68. The fourth-order valence-electron chi connectivity index (χ4n) is 4.51. The Bertz CT molecular complexity index is 1120. The minimum atomic E-state index is -0.0498. The van der Waals surface area contributed by atoms with Gasteiger partial charge in [-0.1, -0.05) is 65.3 Å². The second-order valence-electron chi connectivity index (χ2n) is 8.58. The largest absolute Gasteiger partial charge is 0.351 e. The van der Waals surface area contributed by atoms with Gasteiger partial charge in [-0.2, -0.15) is 5.10 Å². The number of thioether (sulfide) groups is 1. The van der Waals surface area contributed by atoms with Crippen molar-refractivity contribution in [3.63, 3.8) is 0 Å². The van der Waals surface area contributed by atoms with Gasteiger partial charge in [-0.25, -0.2) is 5.43 Å². The Balaban J connectivity index is 1.17. The highest BCUT2D eigenvalue weighted by molar-refractivity contribution is 8.14. The van der Waals surface area contributed by atoms with E-state index in [1.807, 2.05) is 30.5 Å². The molecule has 7 nitrogen and oxygen atoms in total. The van der Waals surface area contributed by atoms with Crippen molar-refractivity contribution in [1.29, 1.82) is 0 Å². The van der Waals surface area contributed by atoms with Crippen LogP contribution in [0.1, 0.15) is 34.7 Å². The minimum absolute atomic E-state index is 0.0336. The summed E-state index contributed by atoms with van der Waals surface area (Å²) in [6.45, 7) is 4.71. The van der Waals surface area contributed by atoms with Crippen LogP contribution in [0.15, 0.2) is 60.0 Å². The number of carbonyl (C=O) groups is 1. The molecule has 0 bridgehead atoms. The Kier molecular flexibility index (Phi) is 6.23. The third-order valence-corrected chi connectivity index (χ3v) is 7.62. The predicted molar refractivity (Wildman–Crippen MR) is 133 cm³/mol. The molecule has 1 saturated heterocycles. The highest BCUT2D eigenvalue weighted by Gasteiger charge is 2.44. The molecule has 5 rings (SSSR count). The Morgan fingerprint density at radius 2 is 2.09 bits per heavy atom. The number of hydrogen-bond acceptors (Lipinski definition) is 7. The molecule has 3 unspecified atom stereocenters. The first-order valence-corrected chi connectivity index (χ1v) is 12.4. The van der Waals surface area contributed by atoms with E-state index in [1.54, 1.807) is 0 Å². The monoisotopic (exact) mass is 482 g/mol. The number of fused-ring (bicyclic) bond motifs is 3. The predicted octanol–water partition coefficient (Wildman–Crippen LogP) is 3.61. The summed E-state index contributed by atoms with van der Waals surface area (Å²) in [5.74, 6) is 0.242. The zero-order valence-electron chi connectivity index (χ0n) is 18.6. The Labute approximate surface area is 203 Å². The molecule has 3 atom stereocenters. The molecule has 9 heteroatoms. The maximum atomic E-state index is 12.4. The first-order valence-electron chi connectivity index (χ1n) is 11.0. The quantitative estimate of drug-likeness (QED) is 0.604. The van der Waals surface area contributed by atoms with Gasteiger partial charge in [-0.15, -0.1) is 0 Å². The van der Waals surface area contributed by atoms with E-state index in [-0.39, 0.29) is 24.2 Å². The summed E-state index contributed by atoms with van der Waals surface area (Å²) in [4.78, 5) is 14.5. The molecular formula is C24H27ClN6OS. The summed E-state index contributed by atoms with van der Waals surface area (Å²) in [6.07, 6.45) is 5.08. The number of halogens is 1. The number of hydrogen-bond donors (Lipinski definition) is 3. The number of nitrogens with one attached hydrogen (secondary N) is 3. The molecule has 0 spiro atoms. The third-order valence-electron chi connectivity index (χ3n) is 6.28. The smallest absolute Gasteiger partial charge is 0.230 e. The molecule has 3 aliphatic heterocycles. The average molecular weight is 483 g/mol. The van der Waals surface area contributed by atoms with Crippen molar-refractivity contribution in [3.8, 4) is 0 Å². The summed E-state index contributed by atoms with van der Waals surface area (Å²) in [5, 5.41) is 11.1. The fraction of sp³-hybridized carbons (Fsp3) is 0.333. The van der Waals surface area contributed by atoms with Crippen LogP contribution in [-0.2, 0) is 11.3 Å². The van der Waals surface area contributed by atoms with Gasteiger partial charge in [0.15, 0.2) is 5.17 Å². The van der Waals surface area contributed by atoms with Crippen LogP contribution in [0.2, 0.25) is 5.02 Å². The zero-order chi connectivity index (χ0) is 22.9. The molecule has 0 saturated carbocycles. The van der Waals surface area contributed by atoms with Crippen LogP contribution in [0.25, 0.3) is 0 Å². The molecular weight excluding hydrogens is 456 g/mol. The summed E-state index contributed by atoms with van der Waals surface area (Å²) >= 11 is 7.60. The van der Waals surface area contributed by atoms with E-state index in [2.05, 4.69) is 69.4 Å². The van der Waals surface area contributed by atoms with Gasteiger partial charge in [0.2, 0.25) is 5.91 Å². The number of benzene rings is 2. The highest BCUT2D eigenvalue weighted by atomic mass is 35.5. The molecule has 1 amide bonds. The van der Waals surface area contributed by atoms with Crippen molar-refractivity contribution in [3.05, 3.63) is 82.1 Å². The van der Waals surface area contributed by atoms with Gasteiger partial charge in [0, 0.05) is 24.0 Å². The third kappa shape index (κ3) is 4.55. The van der Waals surface area contributed by atoms with Crippen LogP contribution in [0.4, 0.5) is 0 Å². The SMILES string of the molecule is Cc1ccc(C)c(C2CC3C4NN=C(SCC(=O)NCc5ccccc5Cl)N4C=CN3N2)c1. The lowest BCUT2D eigenvalue weighted by atomic mass is 9.95. The lowest BCUT2D eigenvalue weighted by molar-refractivity contribution is -0.118. The van der Waals surface area contributed by atoms with Crippen molar-refractivity contribution in [1.82, 2.24) is 26.1 Å². The van der Waals surface area contributed by atoms with Crippen LogP contribution >= 0.6 is 23.4 Å². The first kappa shape index (κ1) is 22.1. The summed E-state index contributed by atoms with van der Waals surface area (Å²) in [6, 6.07) is 14.6. The molecule has 0 aliphatic carbocycles. The molecule has 0 aromatic heterocycles. The Morgan fingerprint density at radius 1 is 1.24 bits per heavy atom. The van der Waals surface area contributed by atoms with Crippen LogP contribution < -0.4 is 16.2 Å².